The van der Waals surface area contributed by atoms with Crippen LogP contribution in [-0.4, -0.2) is 14.4 Å². The fourth-order valence-electron chi connectivity index (χ4n) is 6.24. The van der Waals surface area contributed by atoms with Crippen LogP contribution in [0.1, 0.15) is 0 Å². The molecule has 0 amide bonds. The molecule has 3 nitrogen and oxygen atoms in total. The quantitative estimate of drug-likeness (QED) is 0.204. The van der Waals surface area contributed by atoms with Gasteiger partial charge >= 0.3 is 0 Å². The van der Waals surface area contributed by atoms with Gasteiger partial charge in [-0.05, 0) is 53.1 Å². The van der Waals surface area contributed by atoms with Crippen LogP contribution in [0.25, 0.3) is 81.3 Å². The largest absolute Gasteiger partial charge is 0.299 e. The molecule has 0 aliphatic heterocycles. The summed E-state index contributed by atoms with van der Waals surface area (Å²) in [6.07, 6.45) is 1.84. The molecule has 5 aromatic carbocycles. The van der Waals surface area contributed by atoms with Crippen molar-refractivity contribution < 1.29 is 0 Å². The van der Waals surface area contributed by atoms with E-state index in [0.717, 1.165) is 33.1 Å². The molecule has 0 saturated carbocycles. The van der Waals surface area contributed by atoms with Crippen LogP contribution in [0.4, 0.5) is 0 Å². The summed E-state index contributed by atoms with van der Waals surface area (Å²) in [6, 6.07) is 47.6. The number of hydrogen-bond acceptors (Lipinski definition) is 3. The molecule has 0 aliphatic rings. The summed E-state index contributed by atoms with van der Waals surface area (Å²) in [5, 5.41) is 3.46. The van der Waals surface area contributed by atoms with E-state index in [0.29, 0.717) is 0 Å². The van der Waals surface area contributed by atoms with Gasteiger partial charge in [0.15, 0.2) is 0 Å². The van der Waals surface area contributed by atoms with Gasteiger partial charge in [-0.1, -0.05) is 97.1 Å². The SMILES string of the molecule is c1ccc(-c2ccc3sc4c(-c5cccc(-c6ccc7ccc8cccnc8c7n6)c5)c5ccccc5n4c3c2)cc1. The number of rotatable bonds is 3. The first-order valence-corrected chi connectivity index (χ1v) is 14.9. The fourth-order valence-corrected chi connectivity index (χ4v) is 7.46. The van der Waals surface area contributed by atoms with E-state index >= 15 is 0 Å². The van der Waals surface area contributed by atoms with Gasteiger partial charge in [-0.25, -0.2) is 4.98 Å². The first kappa shape index (κ1) is 23.4. The van der Waals surface area contributed by atoms with Crippen LogP contribution in [0.15, 0.2) is 140 Å². The maximum Gasteiger partial charge on any atom is 0.109 e. The second kappa shape index (κ2) is 9.10. The monoisotopic (exact) mass is 553 g/mol. The summed E-state index contributed by atoms with van der Waals surface area (Å²) < 4.78 is 3.72. The maximum absolute atomic E-state index is 5.13. The van der Waals surface area contributed by atoms with Crippen LogP contribution in [0.5, 0.6) is 0 Å². The fraction of sp³-hybridized carbons (Fsp3) is 0. The Hall–Kier alpha value is -5.32. The molecule has 9 rings (SSSR count). The molecule has 42 heavy (non-hydrogen) atoms. The first-order chi connectivity index (χ1) is 20.8. The van der Waals surface area contributed by atoms with Crippen LogP contribution in [0, 0.1) is 0 Å². The number of benzene rings is 5. The van der Waals surface area contributed by atoms with E-state index in [1.54, 1.807) is 0 Å². The van der Waals surface area contributed by atoms with Gasteiger partial charge in [0.05, 0.1) is 32.5 Å². The zero-order valence-electron chi connectivity index (χ0n) is 22.5. The predicted octanol–water partition coefficient (Wildman–Crippen LogP) is 10.4. The van der Waals surface area contributed by atoms with Gasteiger partial charge in [-0.3, -0.25) is 9.38 Å². The molecule has 0 atom stereocenters. The molecule has 0 aliphatic carbocycles. The summed E-state index contributed by atoms with van der Waals surface area (Å²) in [7, 11) is 0. The van der Waals surface area contributed by atoms with Gasteiger partial charge in [0, 0.05) is 33.5 Å². The van der Waals surface area contributed by atoms with Crippen molar-refractivity contribution in [2.45, 2.75) is 0 Å². The van der Waals surface area contributed by atoms with Gasteiger partial charge in [0.1, 0.15) is 4.83 Å². The Labute approximate surface area is 246 Å². The molecule has 0 fully saturated rings. The molecule has 0 radical (unpaired) electrons. The standard InChI is InChI=1S/C38H23N3S/c1-2-8-24(9-3-1)27-18-20-34-33(23-27)41-32-14-5-4-13-30(32)35(38(41)42-34)29-11-6-10-28(22-29)31-19-17-26-16-15-25-12-7-21-39-36(25)37(26)40-31/h1-23H. The summed E-state index contributed by atoms with van der Waals surface area (Å²) >= 11 is 1.86. The third-order valence-electron chi connectivity index (χ3n) is 8.22. The number of fused-ring (bicyclic) bond motifs is 8. The highest BCUT2D eigenvalue weighted by atomic mass is 32.1. The molecule has 9 aromatic rings. The molecule has 4 heteroatoms. The molecule has 196 valence electrons. The van der Waals surface area contributed by atoms with E-state index in [2.05, 4.69) is 137 Å². The van der Waals surface area contributed by atoms with E-state index in [-0.39, 0.29) is 0 Å². The number of nitrogens with zero attached hydrogens (tertiary/aromatic N) is 3. The highest BCUT2D eigenvalue weighted by molar-refractivity contribution is 7.24. The van der Waals surface area contributed by atoms with E-state index in [1.165, 1.54) is 48.2 Å². The van der Waals surface area contributed by atoms with Crippen molar-refractivity contribution in [3.05, 3.63) is 140 Å². The molecular weight excluding hydrogens is 531 g/mol. The molecule has 4 aromatic heterocycles. The van der Waals surface area contributed by atoms with Crippen molar-refractivity contribution in [3.8, 4) is 33.5 Å². The Balaban J connectivity index is 1.26. The second-order valence-electron chi connectivity index (χ2n) is 10.7. The molecule has 0 spiro atoms. The van der Waals surface area contributed by atoms with Crippen molar-refractivity contribution in [3.63, 3.8) is 0 Å². The van der Waals surface area contributed by atoms with Crippen LogP contribution in [0.3, 0.4) is 0 Å². The Morgan fingerprint density at radius 3 is 2.24 bits per heavy atom. The number of hydrogen-bond donors (Lipinski definition) is 0. The normalized spacial score (nSPS) is 11.8. The zero-order chi connectivity index (χ0) is 27.6. The first-order valence-electron chi connectivity index (χ1n) is 14.1. The van der Waals surface area contributed by atoms with Crippen LogP contribution >= 0.6 is 11.3 Å². The van der Waals surface area contributed by atoms with E-state index in [4.69, 9.17) is 4.98 Å². The van der Waals surface area contributed by atoms with Crippen LogP contribution < -0.4 is 0 Å². The van der Waals surface area contributed by atoms with Crippen molar-refractivity contribution in [1.82, 2.24) is 14.4 Å². The Bertz CT molecular complexity index is 2470. The Morgan fingerprint density at radius 1 is 0.524 bits per heavy atom. The average molecular weight is 554 g/mol. The number of aromatic nitrogens is 3. The average Bonchev–Trinajstić information content (AvgIpc) is 3.59. The third-order valence-corrected chi connectivity index (χ3v) is 9.37. The van der Waals surface area contributed by atoms with E-state index in [1.807, 2.05) is 23.6 Å². The number of pyridine rings is 2. The number of para-hydroxylation sites is 1. The molecule has 0 saturated heterocycles. The molecule has 0 N–H and O–H groups in total. The molecule has 0 unspecified atom stereocenters. The van der Waals surface area contributed by atoms with Gasteiger partial charge < -0.3 is 0 Å². The summed E-state index contributed by atoms with van der Waals surface area (Å²) in [6.45, 7) is 0. The highest BCUT2D eigenvalue weighted by Gasteiger charge is 2.19. The summed E-state index contributed by atoms with van der Waals surface area (Å²) in [5.41, 5.74) is 11.3. The topological polar surface area (TPSA) is 30.2 Å². The van der Waals surface area contributed by atoms with Crippen molar-refractivity contribution in [2.75, 3.05) is 0 Å². The molecular formula is C38H23N3S. The minimum Gasteiger partial charge on any atom is -0.299 e. The Morgan fingerprint density at radius 2 is 1.31 bits per heavy atom. The van der Waals surface area contributed by atoms with Gasteiger partial charge in [-0.15, -0.1) is 11.3 Å². The predicted molar refractivity (Wildman–Crippen MR) is 177 cm³/mol. The maximum atomic E-state index is 5.13. The van der Waals surface area contributed by atoms with Crippen molar-refractivity contribution in [2.24, 2.45) is 0 Å². The zero-order valence-corrected chi connectivity index (χ0v) is 23.3. The number of thiazole rings is 1. The van der Waals surface area contributed by atoms with Gasteiger partial charge in [0.25, 0.3) is 0 Å². The smallest absolute Gasteiger partial charge is 0.109 e. The third kappa shape index (κ3) is 3.52. The van der Waals surface area contributed by atoms with Crippen LogP contribution in [0.2, 0.25) is 0 Å². The lowest BCUT2D eigenvalue weighted by Crippen LogP contribution is -1.89. The Kier molecular flexibility index (Phi) is 5.07. The molecule has 0 bridgehead atoms. The van der Waals surface area contributed by atoms with E-state index in [9.17, 15) is 0 Å². The summed E-state index contributed by atoms with van der Waals surface area (Å²) in [4.78, 5) is 11.0. The lowest BCUT2D eigenvalue weighted by molar-refractivity contribution is 1.37. The van der Waals surface area contributed by atoms with Gasteiger partial charge in [-0.2, -0.15) is 0 Å². The van der Waals surface area contributed by atoms with Gasteiger partial charge in [0.2, 0.25) is 0 Å². The second-order valence-corrected chi connectivity index (χ2v) is 11.7. The minimum absolute atomic E-state index is 0.937. The highest BCUT2D eigenvalue weighted by Crippen LogP contribution is 2.43. The van der Waals surface area contributed by atoms with Crippen molar-refractivity contribution >= 4 is 59.1 Å². The lowest BCUT2D eigenvalue weighted by atomic mass is 10.0. The van der Waals surface area contributed by atoms with E-state index < -0.39 is 0 Å². The summed E-state index contributed by atoms with van der Waals surface area (Å²) in [5.74, 6) is 0. The van der Waals surface area contributed by atoms with Crippen molar-refractivity contribution in [1.29, 1.82) is 0 Å². The lowest BCUT2D eigenvalue weighted by Gasteiger charge is -2.08. The molecule has 4 heterocycles. The minimum atomic E-state index is 0.937. The van der Waals surface area contributed by atoms with Crippen LogP contribution in [-0.2, 0) is 0 Å².